The summed E-state index contributed by atoms with van der Waals surface area (Å²) in [6, 6.07) is 1.78. The maximum absolute atomic E-state index is 10.6. The van der Waals surface area contributed by atoms with Gasteiger partial charge in [0.15, 0.2) is 0 Å². The standard InChI is InChI=1S/C5H9N3.C2HF3O2/c1-2-8-5(6)3-4-7-8;3-2(4,5)1(6)7/h3-4H,2,6H2,1H3;(H,6,7). The van der Waals surface area contributed by atoms with E-state index in [4.69, 9.17) is 15.6 Å². The Balaban J connectivity index is 0.000000265. The zero-order valence-electron chi connectivity index (χ0n) is 7.82. The van der Waals surface area contributed by atoms with Crippen LogP contribution >= 0.6 is 0 Å². The number of rotatable bonds is 1. The summed E-state index contributed by atoms with van der Waals surface area (Å²) >= 11 is 0. The zero-order chi connectivity index (χ0) is 12.1. The lowest BCUT2D eigenvalue weighted by molar-refractivity contribution is -0.192. The van der Waals surface area contributed by atoms with E-state index in [0.717, 1.165) is 12.4 Å². The molecule has 0 aliphatic rings. The van der Waals surface area contributed by atoms with Crippen molar-refractivity contribution in [3.63, 3.8) is 0 Å². The Hall–Kier alpha value is -1.73. The van der Waals surface area contributed by atoms with Crippen LogP contribution in [0.5, 0.6) is 0 Å². The molecule has 5 nitrogen and oxygen atoms in total. The molecule has 1 aromatic heterocycles. The van der Waals surface area contributed by atoms with Crippen molar-refractivity contribution in [3.8, 4) is 0 Å². The zero-order valence-corrected chi connectivity index (χ0v) is 7.82. The molecule has 8 heteroatoms. The molecule has 86 valence electrons. The van der Waals surface area contributed by atoms with Gasteiger partial charge in [-0.25, -0.2) is 4.79 Å². The number of hydrogen-bond donors (Lipinski definition) is 2. The Bertz CT molecular complexity index is 322. The minimum Gasteiger partial charge on any atom is -0.475 e. The fraction of sp³-hybridized carbons (Fsp3) is 0.429. The van der Waals surface area contributed by atoms with Gasteiger partial charge in [0.1, 0.15) is 5.82 Å². The number of nitrogen functional groups attached to an aromatic ring is 1. The molecule has 0 amide bonds. The number of aromatic nitrogens is 2. The summed E-state index contributed by atoms with van der Waals surface area (Å²) < 4.78 is 33.5. The van der Waals surface area contributed by atoms with Crippen molar-refractivity contribution in [3.05, 3.63) is 12.3 Å². The Morgan fingerprint density at radius 1 is 1.67 bits per heavy atom. The highest BCUT2D eigenvalue weighted by atomic mass is 19.4. The van der Waals surface area contributed by atoms with Crippen molar-refractivity contribution in [2.45, 2.75) is 19.6 Å². The average Bonchev–Trinajstić information content (AvgIpc) is 2.50. The molecule has 3 N–H and O–H groups in total. The van der Waals surface area contributed by atoms with Crippen molar-refractivity contribution in [1.29, 1.82) is 0 Å². The third-order valence-electron chi connectivity index (χ3n) is 1.29. The Morgan fingerprint density at radius 3 is 2.27 bits per heavy atom. The molecule has 0 bridgehead atoms. The van der Waals surface area contributed by atoms with E-state index in [-0.39, 0.29) is 0 Å². The smallest absolute Gasteiger partial charge is 0.475 e. The van der Waals surface area contributed by atoms with E-state index in [9.17, 15) is 13.2 Å². The van der Waals surface area contributed by atoms with E-state index >= 15 is 0 Å². The first-order chi connectivity index (χ1) is 6.79. The molecule has 1 heterocycles. The van der Waals surface area contributed by atoms with Gasteiger partial charge in [-0.1, -0.05) is 0 Å². The molecule has 0 saturated carbocycles. The van der Waals surface area contributed by atoms with Gasteiger partial charge in [-0.2, -0.15) is 18.3 Å². The van der Waals surface area contributed by atoms with Crippen molar-refractivity contribution >= 4 is 11.8 Å². The van der Waals surface area contributed by atoms with Gasteiger partial charge in [-0.05, 0) is 13.0 Å². The number of hydrogen-bond acceptors (Lipinski definition) is 3. The predicted octanol–water partition coefficient (Wildman–Crippen LogP) is 1.12. The minimum absolute atomic E-state index is 0.729. The van der Waals surface area contributed by atoms with Crippen LogP contribution < -0.4 is 5.73 Å². The highest BCUT2D eigenvalue weighted by molar-refractivity contribution is 5.73. The molecule has 1 rings (SSSR count). The summed E-state index contributed by atoms with van der Waals surface area (Å²) in [4.78, 5) is 8.90. The van der Waals surface area contributed by atoms with Crippen LogP contribution in [0.4, 0.5) is 19.0 Å². The van der Waals surface area contributed by atoms with Crippen LogP contribution in [-0.4, -0.2) is 27.0 Å². The normalized spacial score (nSPS) is 10.4. The van der Waals surface area contributed by atoms with E-state index < -0.39 is 12.1 Å². The number of aryl methyl sites for hydroxylation is 1. The first-order valence-electron chi connectivity index (χ1n) is 3.86. The quantitative estimate of drug-likeness (QED) is 0.750. The number of anilines is 1. The largest absolute Gasteiger partial charge is 0.490 e. The Kier molecular flexibility index (Phi) is 4.62. The maximum atomic E-state index is 10.6. The molecule has 1 aromatic rings. The van der Waals surface area contributed by atoms with E-state index in [0.29, 0.717) is 0 Å². The second-order valence-electron chi connectivity index (χ2n) is 2.37. The SMILES string of the molecule is CCn1nccc1N.O=C(O)C(F)(F)F. The van der Waals surface area contributed by atoms with Gasteiger partial charge in [-0.3, -0.25) is 4.68 Å². The molecule has 15 heavy (non-hydrogen) atoms. The number of aliphatic carboxylic acids is 1. The van der Waals surface area contributed by atoms with Gasteiger partial charge < -0.3 is 10.8 Å². The number of carboxylic acids is 1. The lowest BCUT2D eigenvalue weighted by atomic mass is 10.6. The minimum atomic E-state index is -5.08. The molecule has 0 aliphatic heterocycles. The summed E-state index contributed by atoms with van der Waals surface area (Å²) in [5.41, 5.74) is 5.45. The van der Waals surface area contributed by atoms with Crippen LogP contribution in [0.3, 0.4) is 0 Å². The number of carboxylic acid groups (broad SMARTS) is 1. The van der Waals surface area contributed by atoms with Crippen LogP contribution in [0, 0.1) is 0 Å². The van der Waals surface area contributed by atoms with Crippen LogP contribution in [0.25, 0.3) is 0 Å². The van der Waals surface area contributed by atoms with E-state index in [1.807, 2.05) is 6.92 Å². The lowest BCUT2D eigenvalue weighted by Crippen LogP contribution is -2.21. The van der Waals surface area contributed by atoms with E-state index in [1.54, 1.807) is 16.9 Å². The molecule has 0 aliphatic carbocycles. The van der Waals surface area contributed by atoms with Gasteiger partial charge in [0.25, 0.3) is 0 Å². The Morgan fingerprint density at radius 2 is 2.13 bits per heavy atom. The average molecular weight is 225 g/mol. The highest BCUT2D eigenvalue weighted by Gasteiger charge is 2.38. The second-order valence-corrected chi connectivity index (χ2v) is 2.37. The van der Waals surface area contributed by atoms with Gasteiger partial charge >= 0.3 is 12.1 Å². The highest BCUT2D eigenvalue weighted by Crippen LogP contribution is 2.13. The number of carbonyl (C=O) groups is 1. The molecular formula is C7H10F3N3O2. The first kappa shape index (κ1) is 13.3. The topological polar surface area (TPSA) is 81.1 Å². The number of alkyl halides is 3. The fourth-order valence-electron chi connectivity index (χ4n) is 0.607. The third kappa shape index (κ3) is 4.89. The molecule has 0 atom stereocenters. The number of nitrogens with two attached hydrogens (primary N) is 1. The van der Waals surface area contributed by atoms with E-state index in [1.165, 1.54) is 0 Å². The summed E-state index contributed by atoms with van der Waals surface area (Å²) in [6.07, 6.45) is -3.39. The van der Waals surface area contributed by atoms with Gasteiger partial charge in [0, 0.05) is 6.54 Å². The molecular weight excluding hydrogens is 215 g/mol. The van der Waals surface area contributed by atoms with Crippen LogP contribution in [0.2, 0.25) is 0 Å². The number of nitrogens with zero attached hydrogens (tertiary/aromatic N) is 2. The predicted molar refractivity (Wildman–Crippen MR) is 46.0 cm³/mol. The van der Waals surface area contributed by atoms with Crippen LogP contribution in [0.15, 0.2) is 12.3 Å². The van der Waals surface area contributed by atoms with Crippen LogP contribution in [-0.2, 0) is 11.3 Å². The molecule has 0 spiro atoms. The van der Waals surface area contributed by atoms with Crippen molar-refractivity contribution in [2.24, 2.45) is 0 Å². The monoisotopic (exact) mass is 225 g/mol. The second kappa shape index (κ2) is 5.23. The third-order valence-corrected chi connectivity index (χ3v) is 1.29. The molecule has 0 unspecified atom stereocenters. The van der Waals surface area contributed by atoms with E-state index in [2.05, 4.69) is 5.10 Å². The van der Waals surface area contributed by atoms with Crippen LogP contribution in [0.1, 0.15) is 6.92 Å². The summed E-state index contributed by atoms with van der Waals surface area (Å²) in [5, 5.41) is 11.1. The fourth-order valence-corrected chi connectivity index (χ4v) is 0.607. The first-order valence-corrected chi connectivity index (χ1v) is 3.86. The van der Waals surface area contributed by atoms with Crippen molar-refractivity contribution < 1.29 is 23.1 Å². The summed E-state index contributed by atoms with van der Waals surface area (Å²) in [6.45, 7) is 2.85. The summed E-state index contributed by atoms with van der Waals surface area (Å²) in [5.74, 6) is -2.03. The molecule has 0 radical (unpaired) electrons. The van der Waals surface area contributed by atoms with Gasteiger partial charge in [-0.15, -0.1) is 0 Å². The van der Waals surface area contributed by atoms with Crippen molar-refractivity contribution in [2.75, 3.05) is 5.73 Å². The lowest BCUT2D eigenvalue weighted by Gasteiger charge is -1.94. The maximum Gasteiger partial charge on any atom is 0.490 e. The van der Waals surface area contributed by atoms with Gasteiger partial charge in [0.2, 0.25) is 0 Å². The van der Waals surface area contributed by atoms with Crippen molar-refractivity contribution in [1.82, 2.24) is 9.78 Å². The number of halogens is 3. The molecule has 0 fully saturated rings. The molecule has 0 aromatic carbocycles. The summed E-state index contributed by atoms with van der Waals surface area (Å²) in [7, 11) is 0. The Labute approximate surface area is 83.3 Å². The molecule has 0 saturated heterocycles. The van der Waals surface area contributed by atoms with Gasteiger partial charge in [0.05, 0.1) is 6.20 Å².